The summed E-state index contributed by atoms with van der Waals surface area (Å²) >= 11 is 0. The molecule has 0 aliphatic rings. The van der Waals surface area contributed by atoms with Gasteiger partial charge in [-0.15, -0.1) is 11.8 Å². The molecule has 0 atom stereocenters. The van der Waals surface area contributed by atoms with Gasteiger partial charge in [-0.2, -0.15) is 0 Å². The van der Waals surface area contributed by atoms with Gasteiger partial charge in [0, 0.05) is 31.1 Å². The van der Waals surface area contributed by atoms with Crippen LogP contribution in [0.1, 0.15) is 53.0 Å². The first-order valence-electron chi connectivity index (χ1n) is 8.69. The molecule has 0 aliphatic heterocycles. The van der Waals surface area contributed by atoms with Crippen molar-refractivity contribution < 1.29 is 19.4 Å². The van der Waals surface area contributed by atoms with Gasteiger partial charge in [-0.3, -0.25) is 9.59 Å². The first kappa shape index (κ1) is 20.0. The van der Waals surface area contributed by atoms with Crippen molar-refractivity contribution in [3.63, 3.8) is 0 Å². The fraction of sp³-hybridized carbons (Fsp3) is 0.286. The Labute approximate surface area is 157 Å². The molecular weight excluding hydrogens is 346 g/mol. The van der Waals surface area contributed by atoms with Crippen LogP contribution in [-0.2, 0) is 11.3 Å². The molecule has 1 aromatic heterocycles. The zero-order chi connectivity index (χ0) is 19.8. The number of aromatic nitrogens is 1. The fourth-order valence-electron chi connectivity index (χ4n) is 2.49. The van der Waals surface area contributed by atoms with Crippen molar-refractivity contribution in [2.24, 2.45) is 0 Å². The van der Waals surface area contributed by atoms with Crippen LogP contribution in [0.2, 0.25) is 0 Å². The number of carbonyl (C=O) groups is 2. The molecule has 1 heterocycles. The highest BCUT2D eigenvalue weighted by Gasteiger charge is 2.20. The second kappa shape index (κ2) is 9.39. The molecule has 6 heteroatoms. The minimum absolute atomic E-state index is 0.0864. The van der Waals surface area contributed by atoms with Gasteiger partial charge in [0.15, 0.2) is 5.78 Å². The summed E-state index contributed by atoms with van der Waals surface area (Å²) in [6.07, 6.45) is 2.49. The van der Waals surface area contributed by atoms with Crippen molar-refractivity contribution in [1.29, 1.82) is 0 Å². The number of esters is 1. The molecule has 140 valence electrons. The fourth-order valence-corrected chi connectivity index (χ4v) is 2.49. The largest absolute Gasteiger partial charge is 0.507 e. The van der Waals surface area contributed by atoms with Gasteiger partial charge < -0.3 is 14.4 Å². The van der Waals surface area contributed by atoms with Crippen LogP contribution in [0.3, 0.4) is 0 Å². The van der Waals surface area contributed by atoms with Gasteiger partial charge in [0.2, 0.25) is 0 Å². The average molecular weight is 367 g/mol. The molecule has 0 radical (unpaired) electrons. The minimum atomic E-state index is -0.789. The smallest absolute Gasteiger partial charge is 0.343 e. The van der Waals surface area contributed by atoms with Gasteiger partial charge in [-0.1, -0.05) is 19.1 Å². The zero-order valence-corrected chi connectivity index (χ0v) is 15.3. The van der Waals surface area contributed by atoms with Gasteiger partial charge >= 0.3 is 5.97 Å². The lowest BCUT2D eigenvalue weighted by molar-refractivity contribution is 0.0523. The van der Waals surface area contributed by atoms with E-state index in [1.165, 1.54) is 29.0 Å². The number of para-hydroxylation sites is 1. The van der Waals surface area contributed by atoms with E-state index in [1.54, 1.807) is 19.1 Å². The Morgan fingerprint density at radius 3 is 2.56 bits per heavy atom. The van der Waals surface area contributed by atoms with E-state index < -0.39 is 17.3 Å². The van der Waals surface area contributed by atoms with Crippen molar-refractivity contribution in [2.75, 3.05) is 6.61 Å². The van der Waals surface area contributed by atoms with E-state index in [0.29, 0.717) is 12.8 Å². The Morgan fingerprint density at radius 2 is 1.89 bits per heavy atom. The van der Waals surface area contributed by atoms with E-state index in [-0.39, 0.29) is 35.6 Å². The quantitative estimate of drug-likeness (QED) is 0.482. The molecular formula is C21H21NO5. The number of benzene rings is 1. The number of hydrogen-bond acceptors (Lipinski definition) is 5. The van der Waals surface area contributed by atoms with Crippen molar-refractivity contribution in [1.82, 2.24) is 4.57 Å². The Morgan fingerprint density at radius 1 is 1.15 bits per heavy atom. The van der Waals surface area contributed by atoms with Crippen LogP contribution in [0.5, 0.6) is 5.75 Å². The first-order valence-corrected chi connectivity index (χ1v) is 8.69. The number of phenols is 1. The summed E-state index contributed by atoms with van der Waals surface area (Å²) in [7, 11) is 0. The number of ketones is 1. The number of ether oxygens (including phenoxy) is 1. The summed E-state index contributed by atoms with van der Waals surface area (Å²) in [5.74, 6) is 4.38. The van der Waals surface area contributed by atoms with Crippen molar-refractivity contribution >= 4 is 11.8 Å². The number of carbonyl (C=O) groups excluding carboxylic acids is 2. The molecule has 6 nitrogen and oxygen atoms in total. The van der Waals surface area contributed by atoms with Crippen LogP contribution in [0.15, 0.2) is 41.3 Å². The predicted molar refractivity (Wildman–Crippen MR) is 101 cm³/mol. The third kappa shape index (κ3) is 4.85. The van der Waals surface area contributed by atoms with Crippen LogP contribution in [0.4, 0.5) is 0 Å². The summed E-state index contributed by atoms with van der Waals surface area (Å²) < 4.78 is 6.21. The van der Waals surface area contributed by atoms with Crippen LogP contribution in [0.25, 0.3) is 0 Å². The molecule has 1 aromatic carbocycles. The van der Waals surface area contributed by atoms with Gasteiger partial charge in [-0.25, -0.2) is 4.79 Å². The second-order valence-corrected chi connectivity index (χ2v) is 5.66. The number of rotatable bonds is 6. The van der Waals surface area contributed by atoms with Gasteiger partial charge in [-0.05, 0) is 25.1 Å². The molecule has 2 rings (SSSR count). The lowest BCUT2D eigenvalue weighted by atomic mass is 10.0. The molecule has 0 bridgehead atoms. The molecule has 0 fully saturated rings. The van der Waals surface area contributed by atoms with Crippen molar-refractivity contribution in [2.45, 2.75) is 33.2 Å². The zero-order valence-electron chi connectivity index (χ0n) is 15.3. The number of hydrogen-bond donors (Lipinski definition) is 1. The summed E-state index contributed by atoms with van der Waals surface area (Å²) in [6.45, 7) is 3.90. The molecule has 2 aromatic rings. The van der Waals surface area contributed by atoms with Crippen LogP contribution < -0.4 is 5.56 Å². The Hall–Kier alpha value is -3.33. The SMILES string of the molecule is CCC#CCCn1cc(C(=O)c2ccccc2O)cc(C(=O)OCC)c1=O. The van der Waals surface area contributed by atoms with E-state index >= 15 is 0 Å². The van der Waals surface area contributed by atoms with E-state index in [9.17, 15) is 19.5 Å². The molecule has 1 N–H and O–H groups in total. The highest BCUT2D eigenvalue weighted by atomic mass is 16.5. The minimum Gasteiger partial charge on any atom is -0.507 e. The van der Waals surface area contributed by atoms with Gasteiger partial charge in [0.25, 0.3) is 5.56 Å². The number of aryl methyl sites for hydroxylation is 1. The highest BCUT2D eigenvalue weighted by Crippen LogP contribution is 2.20. The first-order chi connectivity index (χ1) is 13.0. The number of phenolic OH excluding ortho intramolecular Hbond substituents is 1. The van der Waals surface area contributed by atoms with Crippen LogP contribution in [-0.4, -0.2) is 28.0 Å². The summed E-state index contributed by atoms with van der Waals surface area (Å²) in [4.78, 5) is 37.5. The molecule has 0 amide bonds. The highest BCUT2D eigenvalue weighted by molar-refractivity contribution is 6.11. The predicted octanol–water partition coefficient (Wildman–Crippen LogP) is 2.77. The maximum atomic E-state index is 12.8. The number of nitrogens with zero attached hydrogens (tertiary/aromatic N) is 1. The number of aromatic hydroxyl groups is 1. The Bertz CT molecular complexity index is 963. The van der Waals surface area contributed by atoms with Crippen molar-refractivity contribution in [3.05, 3.63) is 63.6 Å². The topological polar surface area (TPSA) is 85.6 Å². The normalized spacial score (nSPS) is 10.0. The number of pyridine rings is 1. The maximum Gasteiger partial charge on any atom is 0.343 e. The van der Waals surface area contributed by atoms with Crippen LogP contribution >= 0.6 is 0 Å². The molecule has 0 saturated heterocycles. The van der Waals surface area contributed by atoms with E-state index in [2.05, 4.69) is 11.8 Å². The van der Waals surface area contributed by atoms with E-state index in [0.717, 1.165) is 0 Å². The average Bonchev–Trinajstić information content (AvgIpc) is 2.66. The Balaban J connectivity index is 2.51. The molecule has 0 spiro atoms. The molecule has 0 unspecified atom stereocenters. The third-order valence-electron chi connectivity index (χ3n) is 3.77. The standard InChI is InChI=1S/C21H21NO5/c1-3-5-6-9-12-22-14-15(13-17(20(22)25)21(26)27-4-2)19(24)16-10-7-8-11-18(16)23/h7-8,10-11,13-14,23H,3-4,9,12H2,1-2H3. The van der Waals surface area contributed by atoms with Crippen LogP contribution in [0, 0.1) is 11.8 Å². The molecule has 0 saturated carbocycles. The third-order valence-corrected chi connectivity index (χ3v) is 3.77. The summed E-state index contributed by atoms with van der Waals surface area (Å²) in [5.41, 5.74) is -0.562. The maximum absolute atomic E-state index is 12.8. The second-order valence-electron chi connectivity index (χ2n) is 5.66. The lowest BCUT2D eigenvalue weighted by Crippen LogP contribution is -2.28. The van der Waals surface area contributed by atoms with Crippen molar-refractivity contribution in [3.8, 4) is 17.6 Å². The summed E-state index contributed by atoms with van der Waals surface area (Å²) in [6, 6.07) is 7.31. The lowest BCUT2D eigenvalue weighted by Gasteiger charge is -2.11. The molecule has 0 aliphatic carbocycles. The molecule has 27 heavy (non-hydrogen) atoms. The monoisotopic (exact) mass is 367 g/mol. The summed E-state index contributed by atoms with van der Waals surface area (Å²) in [5, 5.41) is 9.93. The van der Waals surface area contributed by atoms with Gasteiger partial charge in [0.05, 0.1) is 12.2 Å². The van der Waals surface area contributed by atoms with E-state index in [1.807, 2.05) is 6.92 Å². The van der Waals surface area contributed by atoms with Gasteiger partial charge in [0.1, 0.15) is 11.3 Å². The Kier molecular flexibility index (Phi) is 6.95. The van der Waals surface area contributed by atoms with E-state index in [4.69, 9.17) is 4.74 Å².